The lowest BCUT2D eigenvalue weighted by Gasteiger charge is -2.32. The van der Waals surface area contributed by atoms with E-state index in [2.05, 4.69) is 5.32 Å². The molecule has 0 saturated carbocycles. The number of nitrogens with one attached hydrogen (secondary N) is 1. The van der Waals surface area contributed by atoms with Crippen molar-refractivity contribution in [3.63, 3.8) is 0 Å². The first-order valence-corrected chi connectivity index (χ1v) is 14.4. The van der Waals surface area contributed by atoms with Gasteiger partial charge in [-0.05, 0) is 66.1 Å². The van der Waals surface area contributed by atoms with Gasteiger partial charge in [0, 0.05) is 37.4 Å². The minimum absolute atomic E-state index is 0.120. The number of aryl methyl sites for hydroxylation is 1. The minimum atomic E-state index is -0.781. The van der Waals surface area contributed by atoms with E-state index in [0.29, 0.717) is 50.4 Å². The molecular formula is C33H37ClN2O5. The van der Waals surface area contributed by atoms with Crippen LogP contribution in [0.1, 0.15) is 42.4 Å². The molecule has 1 saturated heterocycles. The molecule has 0 aromatic heterocycles. The Morgan fingerprint density at radius 3 is 2.32 bits per heavy atom. The maximum Gasteiger partial charge on any atom is 0.328 e. The first-order valence-electron chi connectivity index (χ1n) is 14.0. The number of rotatable bonds is 12. The van der Waals surface area contributed by atoms with Crippen molar-refractivity contribution in [3.05, 3.63) is 101 Å². The molecule has 1 N–H and O–H groups in total. The summed E-state index contributed by atoms with van der Waals surface area (Å²) in [4.78, 5) is 39.9. The SMILES string of the molecule is COC(=O)[C@H](Cc1ccc(OCc2ccccc2)cc1)NC(=O)CC1CCN(C(=O)CCc2cccc(Cl)c2)CC1. The second-order valence-electron chi connectivity index (χ2n) is 10.4. The fraction of sp³-hybridized carbons (Fsp3) is 0.364. The quantitative estimate of drug-likeness (QED) is 0.293. The Morgan fingerprint density at radius 2 is 1.63 bits per heavy atom. The Hall–Kier alpha value is -3.84. The summed E-state index contributed by atoms with van der Waals surface area (Å²) in [6.07, 6.45) is 3.22. The Morgan fingerprint density at radius 1 is 0.927 bits per heavy atom. The van der Waals surface area contributed by atoms with Crippen LogP contribution in [-0.4, -0.2) is 48.9 Å². The monoisotopic (exact) mass is 576 g/mol. The van der Waals surface area contributed by atoms with E-state index >= 15 is 0 Å². The predicted molar refractivity (Wildman–Crippen MR) is 159 cm³/mol. The number of hydrogen-bond acceptors (Lipinski definition) is 5. The largest absolute Gasteiger partial charge is 0.489 e. The van der Waals surface area contributed by atoms with Gasteiger partial charge in [0.15, 0.2) is 0 Å². The Bertz CT molecular complexity index is 1290. The summed E-state index contributed by atoms with van der Waals surface area (Å²) in [5.74, 6) is 0.337. The molecule has 1 fully saturated rings. The van der Waals surface area contributed by atoms with E-state index in [0.717, 1.165) is 35.3 Å². The summed E-state index contributed by atoms with van der Waals surface area (Å²) < 4.78 is 10.8. The summed E-state index contributed by atoms with van der Waals surface area (Å²) in [6.45, 7) is 1.73. The molecular weight excluding hydrogens is 540 g/mol. The van der Waals surface area contributed by atoms with Crippen LogP contribution in [0.2, 0.25) is 5.02 Å². The lowest BCUT2D eigenvalue weighted by molar-refractivity contribution is -0.145. The number of amides is 2. The van der Waals surface area contributed by atoms with Crippen molar-refractivity contribution in [2.45, 2.75) is 51.2 Å². The topological polar surface area (TPSA) is 84.9 Å². The van der Waals surface area contributed by atoms with E-state index in [1.165, 1.54) is 7.11 Å². The van der Waals surface area contributed by atoms with E-state index in [1.807, 2.05) is 83.8 Å². The highest BCUT2D eigenvalue weighted by Crippen LogP contribution is 2.22. The number of ether oxygens (including phenoxy) is 2. The number of piperidine rings is 1. The number of esters is 1. The number of methoxy groups -OCH3 is 1. The first kappa shape index (κ1) is 30.1. The van der Waals surface area contributed by atoms with Gasteiger partial charge < -0.3 is 19.7 Å². The summed E-state index contributed by atoms with van der Waals surface area (Å²) in [6, 6.07) is 24.2. The molecule has 3 aromatic rings. The van der Waals surface area contributed by atoms with Crippen LogP contribution in [0.4, 0.5) is 0 Å². The van der Waals surface area contributed by atoms with E-state index in [1.54, 1.807) is 0 Å². The third kappa shape index (κ3) is 9.64. The number of hydrogen-bond donors (Lipinski definition) is 1. The number of likely N-dealkylation sites (tertiary alicyclic amines) is 1. The van der Waals surface area contributed by atoms with E-state index in [9.17, 15) is 14.4 Å². The molecule has 1 aliphatic heterocycles. The number of carbonyl (C=O) groups excluding carboxylic acids is 3. The molecule has 0 radical (unpaired) electrons. The normalized spacial score (nSPS) is 14.2. The van der Waals surface area contributed by atoms with Crippen LogP contribution in [0.25, 0.3) is 0 Å². The Labute approximate surface area is 246 Å². The molecule has 0 bridgehead atoms. The maximum absolute atomic E-state index is 12.9. The molecule has 0 aliphatic carbocycles. The molecule has 7 nitrogen and oxygen atoms in total. The standard InChI is InChI=1S/C33H37ClN2O5/c1-40-33(39)30(21-25-10-13-29(14-11-25)41-23-27-6-3-2-4-7-27)35-31(37)22-26-16-18-36(19-17-26)32(38)15-12-24-8-5-9-28(34)20-24/h2-11,13-14,20,26,30H,12,15-19,21-23H2,1H3,(H,35,37)/t30-/m0/s1. The van der Waals surface area contributed by atoms with Gasteiger partial charge in [-0.25, -0.2) is 4.79 Å². The predicted octanol–water partition coefficient (Wildman–Crippen LogP) is 5.38. The van der Waals surface area contributed by atoms with Crippen molar-refractivity contribution < 1.29 is 23.9 Å². The molecule has 1 aliphatic rings. The van der Waals surface area contributed by atoms with Crippen LogP contribution in [-0.2, 0) is 38.6 Å². The molecule has 216 valence electrons. The zero-order valence-corrected chi connectivity index (χ0v) is 24.1. The molecule has 41 heavy (non-hydrogen) atoms. The van der Waals surface area contributed by atoms with Gasteiger partial charge in [-0.3, -0.25) is 9.59 Å². The smallest absolute Gasteiger partial charge is 0.328 e. The van der Waals surface area contributed by atoms with Crippen molar-refractivity contribution in [1.82, 2.24) is 10.2 Å². The number of halogens is 1. The van der Waals surface area contributed by atoms with Gasteiger partial charge in [0.05, 0.1) is 7.11 Å². The second kappa shape index (κ2) is 15.2. The second-order valence-corrected chi connectivity index (χ2v) is 10.9. The van der Waals surface area contributed by atoms with Crippen molar-refractivity contribution in [1.29, 1.82) is 0 Å². The van der Waals surface area contributed by atoms with Crippen LogP contribution in [0.5, 0.6) is 5.75 Å². The average Bonchev–Trinajstić information content (AvgIpc) is 2.99. The highest BCUT2D eigenvalue weighted by Gasteiger charge is 2.27. The summed E-state index contributed by atoms with van der Waals surface area (Å²) >= 11 is 6.04. The van der Waals surface area contributed by atoms with Crippen LogP contribution < -0.4 is 10.1 Å². The van der Waals surface area contributed by atoms with Crippen LogP contribution in [0, 0.1) is 5.92 Å². The van der Waals surface area contributed by atoms with E-state index < -0.39 is 12.0 Å². The number of carbonyl (C=O) groups is 3. The van der Waals surface area contributed by atoms with Gasteiger partial charge in [0.2, 0.25) is 11.8 Å². The van der Waals surface area contributed by atoms with Crippen LogP contribution in [0.3, 0.4) is 0 Å². The Kier molecular flexibility index (Phi) is 11.2. The third-order valence-corrected chi connectivity index (χ3v) is 7.63. The number of benzene rings is 3. The van der Waals surface area contributed by atoms with Gasteiger partial charge in [0.25, 0.3) is 0 Å². The van der Waals surface area contributed by atoms with Gasteiger partial charge in [-0.2, -0.15) is 0 Å². The van der Waals surface area contributed by atoms with Crippen molar-refractivity contribution in [3.8, 4) is 5.75 Å². The lowest BCUT2D eigenvalue weighted by Crippen LogP contribution is -2.44. The summed E-state index contributed by atoms with van der Waals surface area (Å²) in [7, 11) is 1.32. The molecule has 3 aromatic carbocycles. The molecule has 4 rings (SSSR count). The average molecular weight is 577 g/mol. The highest BCUT2D eigenvalue weighted by molar-refractivity contribution is 6.30. The maximum atomic E-state index is 12.9. The van der Waals surface area contributed by atoms with E-state index in [-0.39, 0.29) is 17.7 Å². The first-order chi connectivity index (χ1) is 19.9. The van der Waals surface area contributed by atoms with Crippen LogP contribution in [0.15, 0.2) is 78.9 Å². The summed E-state index contributed by atoms with van der Waals surface area (Å²) in [5.41, 5.74) is 3.01. The molecule has 8 heteroatoms. The van der Waals surface area contributed by atoms with Crippen molar-refractivity contribution in [2.75, 3.05) is 20.2 Å². The molecule has 0 spiro atoms. The molecule has 1 atom stereocenters. The molecule has 1 heterocycles. The Balaban J connectivity index is 1.21. The van der Waals surface area contributed by atoms with Crippen molar-refractivity contribution in [2.24, 2.45) is 5.92 Å². The van der Waals surface area contributed by atoms with Gasteiger partial charge in [0.1, 0.15) is 18.4 Å². The van der Waals surface area contributed by atoms with Gasteiger partial charge in [-0.15, -0.1) is 0 Å². The van der Waals surface area contributed by atoms with Crippen molar-refractivity contribution >= 4 is 29.4 Å². The fourth-order valence-electron chi connectivity index (χ4n) is 5.04. The van der Waals surface area contributed by atoms with Gasteiger partial charge >= 0.3 is 5.97 Å². The van der Waals surface area contributed by atoms with Crippen LogP contribution >= 0.6 is 11.6 Å². The number of nitrogens with zero attached hydrogens (tertiary/aromatic N) is 1. The third-order valence-electron chi connectivity index (χ3n) is 7.39. The molecule has 0 unspecified atom stereocenters. The zero-order valence-electron chi connectivity index (χ0n) is 23.4. The summed E-state index contributed by atoms with van der Waals surface area (Å²) in [5, 5.41) is 3.54. The fourth-order valence-corrected chi connectivity index (χ4v) is 5.25. The van der Waals surface area contributed by atoms with Gasteiger partial charge in [-0.1, -0.05) is 66.2 Å². The lowest BCUT2D eigenvalue weighted by atomic mass is 9.92. The minimum Gasteiger partial charge on any atom is -0.489 e. The zero-order chi connectivity index (χ0) is 29.0. The van der Waals surface area contributed by atoms with E-state index in [4.69, 9.17) is 21.1 Å². The molecule has 2 amide bonds. The highest BCUT2D eigenvalue weighted by atomic mass is 35.5.